The topological polar surface area (TPSA) is 48.5 Å². The Morgan fingerprint density at radius 1 is 1.41 bits per heavy atom. The van der Waals surface area contributed by atoms with Crippen LogP contribution in [0.4, 0.5) is 4.39 Å². The summed E-state index contributed by atoms with van der Waals surface area (Å²) in [5.74, 6) is -1.09. The highest BCUT2D eigenvalue weighted by atomic mass is 19.1. The molecule has 2 heterocycles. The molecule has 1 N–H and O–H groups in total. The van der Waals surface area contributed by atoms with E-state index in [1.54, 1.807) is 5.01 Å². The number of pyridine rings is 1. The molecule has 1 aliphatic rings. The maximum atomic E-state index is 13.3. The highest BCUT2D eigenvalue weighted by molar-refractivity contribution is 5.92. The lowest BCUT2D eigenvalue weighted by atomic mass is 10.3. The summed E-state index contributed by atoms with van der Waals surface area (Å²) < 4.78 is 13.3. The summed E-state index contributed by atoms with van der Waals surface area (Å²) in [6, 6.07) is 2.69. The predicted octanol–water partition coefficient (Wildman–Crippen LogP) is 0.113. The molecule has 0 radical (unpaired) electrons. The molecular formula is C11H15FN4O. The molecule has 0 saturated carbocycles. The van der Waals surface area contributed by atoms with Crippen LogP contribution in [0.25, 0.3) is 0 Å². The number of carbonyl (C=O) groups excluding carboxylic acids is 1. The lowest BCUT2D eigenvalue weighted by molar-refractivity contribution is 0.0653. The third-order valence-corrected chi connectivity index (χ3v) is 2.74. The highest BCUT2D eigenvalue weighted by Gasteiger charge is 2.19. The molecule has 5 nitrogen and oxygen atoms in total. The number of nitrogens with one attached hydrogen (secondary N) is 1. The third kappa shape index (κ3) is 2.98. The van der Waals surface area contributed by atoms with E-state index < -0.39 is 11.7 Å². The van der Waals surface area contributed by atoms with Crippen LogP contribution in [0.2, 0.25) is 0 Å². The van der Waals surface area contributed by atoms with E-state index in [0.717, 1.165) is 26.2 Å². The van der Waals surface area contributed by atoms with Crippen LogP contribution >= 0.6 is 0 Å². The first-order valence-electron chi connectivity index (χ1n) is 5.52. The zero-order chi connectivity index (χ0) is 12.3. The van der Waals surface area contributed by atoms with Gasteiger partial charge in [-0.2, -0.15) is 0 Å². The maximum Gasteiger partial charge on any atom is 0.287 e. The second-order valence-corrected chi connectivity index (χ2v) is 4.07. The molecule has 1 aromatic rings. The van der Waals surface area contributed by atoms with Crippen LogP contribution in [-0.4, -0.2) is 54.0 Å². The van der Waals surface area contributed by atoms with Gasteiger partial charge in [0.15, 0.2) is 11.5 Å². The Labute approximate surface area is 99.2 Å². The average Bonchev–Trinajstić information content (AvgIpc) is 2.32. The number of hydrogen-bond acceptors (Lipinski definition) is 4. The largest absolute Gasteiger partial charge is 0.304 e. The molecule has 1 aromatic heterocycles. The number of halogens is 1. The van der Waals surface area contributed by atoms with Gasteiger partial charge in [0.25, 0.3) is 5.91 Å². The Hall–Kier alpha value is -1.53. The quantitative estimate of drug-likeness (QED) is 0.794. The molecule has 0 aliphatic carbocycles. The lowest BCUT2D eigenvalue weighted by Gasteiger charge is -2.32. The molecule has 1 amide bonds. The SMILES string of the molecule is CN1CCN(NC(=O)c2ncccc2F)CC1. The number of amides is 1. The van der Waals surface area contributed by atoms with E-state index in [1.807, 2.05) is 7.05 Å². The van der Waals surface area contributed by atoms with Crippen LogP contribution in [-0.2, 0) is 0 Å². The van der Waals surface area contributed by atoms with E-state index in [-0.39, 0.29) is 5.69 Å². The minimum Gasteiger partial charge on any atom is -0.304 e. The van der Waals surface area contributed by atoms with Gasteiger partial charge in [-0.1, -0.05) is 0 Å². The van der Waals surface area contributed by atoms with Crippen molar-refractivity contribution >= 4 is 5.91 Å². The summed E-state index contributed by atoms with van der Waals surface area (Å²) in [6.07, 6.45) is 1.40. The Bertz CT molecular complexity index is 404. The second kappa shape index (κ2) is 5.20. The number of hydrazine groups is 1. The number of rotatable bonds is 2. The van der Waals surface area contributed by atoms with E-state index >= 15 is 0 Å². The molecular weight excluding hydrogens is 223 g/mol. The molecule has 0 bridgehead atoms. The van der Waals surface area contributed by atoms with Gasteiger partial charge in [0, 0.05) is 32.4 Å². The molecule has 0 aromatic carbocycles. The van der Waals surface area contributed by atoms with E-state index in [0.29, 0.717) is 0 Å². The molecule has 1 aliphatic heterocycles. The highest BCUT2D eigenvalue weighted by Crippen LogP contribution is 2.03. The van der Waals surface area contributed by atoms with Gasteiger partial charge in [-0.05, 0) is 19.2 Å². The van der Waals surface area contributed by atoms with Gasteiger partial charge in [0.05, 0.1) is 0 Å². The summed E-state index contributed by atoms with van der Waals surface area (Å²) in [4.78, 5) is 17.7. The molecule has 1 saturated heterocycles. The van der Waals surface area contributed by atoms with Crippen molar-refractivity contribution in [2.45, 2.75) is 0 Å². The monoisotopic (exact) mass is 238 g/mol. The Kier molecular flexibility index (Phi) is 3.65. The fourth-order valence-electron chi connectivity index (χ4n) is 1.67. The molecule has 2 rings (SSSR count). The van der Waals surface area contributed by atoms with Crippen molar-refractivity contribution in [2.75, 3.05) is 33.2 Å². The first-order valence-corrected chi connectivity index (χ1v) is 5.52. The third-order valence-electron chi connectivity index (χ3n) is 2.74. The number of hydrogen-bond donors (Lipinski definition) is 1. The standard InChI is InChI=1S/C11H15FN4O/c1-15-5-7-16(8-6-15)14-11(17)10-9(12)3-2-4-13-10/h2-4H,5-8H2,1H3,(H,14,17). The average molecular weight is 238 g/mol. The summed E-state index contributed by atoms with van der Waals surface area (Å²) in [5, 5.41) is 1.79. The van der Waals surface area contributed by atoms with E-state index in [9.17, 15) is 9.18 Å². The number of likely N-dealkylation sites (N-methyl/N-ethyl adjacent to an activating group) is 1. The van der Waals surface area contributed by atoms with Crippen molar-refractivity contribution in [3.05, 3.63) is 29.8 Å². The van der Waals surface area contributed by atoms with Crippen LogP contribution in [0.1, 0.15) is 10.5 Å². The second-order valence-electron chi connectivity index (χ2n) is 4.07. The number of nitrogens with zero attached hydrogens (tertiary/aromatic N) is 3. The summed E-state index contributed by atoms with van der Waals surface area (Å²) in [6.45, 7) is 3.23. The van der Waals surface area contributed by atoms with Crippen molar-refractivity contribution in [2.24, 2.45) is 0 Å². The molecule has 6 heteroatoms. The van der Waals surface area contributed by atoms with Crippen LogP contribution in [0, 0.1) is 5.82 Å². The Morgan fingerprint density at radius 3 is 2.76 bits per heavy atom. The zero-order valence-corrected chi connectivity index (χ0v) is 9.69. The summed E-state index contributed by atoms with van der Waals surface area (Å²) in [7, 11) is 2.03. The van der Waals surface area contributed by atoms with E-state index in [4.69, 9.17) is 0 Å². The van der Waals surface area contributed by atoms with Gasteiger partial charge in [-0.25, -0.2) is 14.4 Å². The van der Waals surface area contributed by atoms with Crippen molar-refractivity contribution in [1.82, 2.24) is 20.3 Å². The van der Waals surface area contributed by atoms with Crippen LogP contribution in [0.3, 0.4) is 0 Å². The van der Waals surface area contributed by atoms with Crippen molar-refractivity contribution < 1.29 is 9.18 Å². The molecule has 1 fully saturated rings. The maximum absolute atomic E-state index is 13.3. The summed E-state index contributed by atoms with van der Waals surface area (Å²) in [5.41, 5.74) is 2.50. The van der Waals surface area contributed by atoms with E-state index in [1.165, 1.54) is 18.3 Å². The number of aromatic nitrogens is 1. The zero-order valence-electron chi connectivity index (χ0n) is 9.69. The smallest absolute Gasteiger partial charge is 0.287 e. The molecule has 0 atom stereocenters. The fraction of sp³-hybridized carbons (Fsp3) is 0.455. The Morgan fingerprint density at radius 2 is 2.12 bits per heavy atom. The molecule has 92 valence electrons. The number of piperazine rings is 1. The van der Waals surface area contributed by atoms with Gasteiger partial charge in [0.1, 0.15) is 0 Å². The van der Waals surface area contributed by atoms with Crippen LogP contribution in [0.5, 0.6) is 0 Å². The van der Waals surface area contributed by atoms with Crippen molar-refractivity contribution in [3.63, 3.8) is 0 Å². The van der Waals surface area contributed by atoms with Gasteiger partial charge in [0.2, 0.25) is 0 Å². The molecule has 0 spiro atoms. The van der Waals surface area contributed by atoms with Gasteiger partial charge in [-0.3, -0.25) is 10.2 Å². The number of carbonyl (C=O) groups is 1. The first kappa shape index (κ1) is 11.9. The van der Waals surface area contributed by atoms with Crippen molar-refractivity contribution in [3.8, 4) is 0 Å². The molecule has 0 unspecified atom stereocenters. The fourth-order valence-corrected chi connectivity index (χ4v) is 1.67. The van der Waals surface area contributed by atoms with Crippen molar-refractivity contribution in [1.29, 1.82) is 0 Å². The van der Waals surface area contributed by atoms with Gasteiger partial charge < -0.3 is 4.90 Å². The van der Waals surface area contributed by atoms with Gasteiger partial charge >= 0.3 is 0 Å². The summed E-state index contributed by atoms with van der Waals surface area (Å²) >= 11 is 0. The Balaban J connectivity index is 1.96. The lowest BCUT2D eigenvalue weighted by Crippen LogP contribution is -2.52. The van der Waals surface area contributed by atoms with Crippen LogP contribution in [0.15, 0.2) is 18.3 Å². The van der Waals surface area contributed by atoms with Crippen LogP contribution < -0.4 is 5.43 Å². The first-order chi connectivity index (χ1) is 8.16. The minimum absolute atomic E-state index is 0.161. The van der Waals surface area contributed by atoms with Gasteiger partial charge in [-0.15, -0.1) is 0 Å². The normalized spacial score (nSPS) is 18.0. The van der Waals surface area contributed by atoms with E-state index in [2.05, 4.69) is 15.3 Å². The predicted molar refractivity (Wildman–Crippen MR) is 60.7 cm³/mol. The molecule has 17 heavy (non-hydrogen) atoms. The minimum atomic E-state index is -0.598.